The fourth-order valence-electron chi connectivity index (χ4n) is 3.25. The molecule has 2 aliphatic rings. The van der Waals surface area contributed by atoms with Crippen molar-refractivity contribution in [2.45, 2.75) is 37.8 Å². The topological polar surface area (TPSA) is 49.9 Å². The maximum absolute atomic E-state index is 12.7. The van der Waals surface area contributed by atoms with Crippen molar-refractivity contribution in [3.63, 3.8) is 0 Å². The molecule has 1 amide bonds. The molecule has 2 saturated heterocycles. The Morgan fingerprint density at radius 1 is 1.53 bits per heavy atom. The minimum Gasteiger partial charge on any atom is -0.467 e. The number of hydrogen-bond donors (Lipinski definition) is 0. The van der Waals surface area contributed by atoms with Crippen molar-refractivity contribution in [1.82, 2.24) is 9.80 Å². The van der Waals surface area contributed by atoms with Gasteiger partial charge in [-0.3, -0.25) is 9.69 Å². The predicted octanol–water partition coefficient (Wildman–Crippen LogP) is 0.248. The summed E-state index contributed by atoms with van der Waals surface area (Å²) in [6.45, 7) is 3.65. The molecule has 19 heavy (non-hydrogen) atoms. The number of terminal acetylenes is 1. The van der Waals surface area contributed by atoms with Gasteiger partial charge in [0.15, 0.2) is 0 Å². The third-order valence-electron chi connectivity index (χ3n) is 4.34. The number of hydrogen-bond acceptors (Lipinski definition) is 4. The van der Waals surface area contributed by atoms with Crippen LogP contribution in [0, 0.1) is 12.3 Å². The molecular formula is C14H20N2O3. The van der Waals surface area contributed by atoms with Crippen molar-refractivity contribution in [2.24, 2.45) is 0 Å². The van der Waals surface area contributed by atoms with E-state index in [0.717, 1.165) is 25.8 Å². The molecule has 2 aliphatic heterocycles. The quantitative estimate of drug-likeness (QED) is 0.541. The Bertz CT molecular complexity index is 429. The molecule has 104 valence electrons. The summed E-state index contributed by atoms with van der Waals surface area (Å²) in [6, 6.07) is -0.523. The summed E-state index contributed by atoms with van der Waals surface area (Å²) in [5.41, 5.74) is -0.478. The van der Waals surface area contributed by atoms with E-state index in [1.54, 1.807) is 11.8 Å². The second-order valence-corrected chi connectivity index (χ2v) is 5.21. The van der Waals surface area contributed by atoms with E-state index < -0.39 is 11.6 Å². The second-order valence-electron chi connectivity index (χ2n) is 5.21. The molecule has 1 spiro atoms. The molecule has 0 aromatic heterocycles. The Kier molecular flexibility index (Phi) is 3.81. The van der Waals surface area contributed by atoms with Gasteiger partial charge in [-0.05, 0) is 26.2 Å². The summed E-state index contributed by atoms with van der Waals surface area (Å²) in [5, 5.41) is 0. The summed E-state index contributed by atoms with van der Waals surface area (Å²) in [7, 11) is 1.34. The zero-order valence-electron chi connectivity index (χ0n) is 11.5. The molecule has 5 nitrogen and oxygen atoms in total. The first-order valence-electron chi connectivity index (χ1n) is 6.64. The van der Waals surface area contributed by atoms with E-state index in [0.29, 0.717) is 13.1 Å². The van der Waals surface area contributed by atoms with Crippen molar-refractivity contribution in [3.8, 4) is 12.3 Å². The van der Waals surface area contributed by atoms with Crippen molar-refractivity contribution < 1.29 is 14.3 Å². The maximum atomic E-state index is 12.7. The zero-order valence-corrected chi connectivity index (χ0v) is 11.5. The Morgan fingerprint density at radius 3 is 2.89 bits per heavy atom. The van der Waals surface area contributed by atoms with Crippen LogP contribution in [0.3, 0.4) is 0 Å². The Labute approximate surface area is 113 Å². The van der Waals surface area contributed by atoms with Gasteiger partial charge in [0, 0.05) is 13.1 Å². The van der Waals surface area contributed by atoms with Crippen LogP contribution in [0.2, 0.25) is 0 Å². The minimum absolute atomic E-state index is 0.0261. The maximum Gasteiger partial charge on any atom is 0.328 e. The predicted molar refractivity (Wildman–Crippen MR) is 70.2 cm³/mol. The third-order valence-corrected chi connectivity index (χ3v) is 4.34. The van der Waals surface area contributed by atoms with Gasteiger partial charge < -0.3 is 9.64 Å². The number of methoxy groups -OCH3 is 1. The summed E-state index contributed by atoms with van der Waals surface area (Å²) in [5.74, 6) is 2.28. The number of rotatable bonds is 3. The molecule has 1 unspecified atom stereocenters. The molecule has 0 bridgehead atoms. The number of carbonyl (C=O) groups is 2. The standard InChI is InChI=1S/C14H20N2O3/c1-4-8-15-9-5-6-14(15)7-10-16(13(14)18)11(2)12(17)19-3/h1,11H,5-10H2,2-3H3/t11?,14-/m0/s1. The van der Waals surface area contributed by atoms with Gasteiger partial charge in [-0.25, -0.2) is 4.79 Å². The molecule has 0 aliphatic carbocycles. The molecule has 0 aromatic carbocycles. The van der Waals surface area contributed by atoms with Crippen molar-refractivity contribution in [1.29, 1.82) is 0 Å². The highest BCUT2D eigenvalue weighted by Gasteiger charge is 2.54. The molecule has 2 atom stereocenters. The highest BCUT2D eigenvalue weighted by molar-refractivity contribution is 5.92. The van der Waals surface area contributed by atoms with Crippen LogP contribution in [-0.2, 0) is 14.3 Å². The molecule has 2 heterocycles. The number of carbonyl (C=O) groups excluding carboxylic acids is 2. The fourth-order valence-corrected chi connectivity index (χ4v) is 3.25. The van der Waals surface area contributed by atoms with Gasteiger partial charge in [-0.15, -0.1) is 6.42 Å². The van der Waals surface area contributed by atoms with E-state index in [1.165, 1.54) is 7.11 Å². The summed E-state index contributed by atoms with van der Waals surface area (Å²) in [6.07, 6.45) is 7.93. The van der Waals surface area contributed by atoms with Gasteiger partial charge in [0.05, 0.1) is 13.7 Å². The zero-order chi connectivity index (χ0) is 14.0. The molecule has 0 aromatic rings. The van der Waals surface area contributed by atoms with Crippen LogP contribution in [0.25, 0.3) is 0 Å². The van der Waals surface area contributed by atoms with E-state index in [4.69, 9.17) is 11.2 Å². The van der Waals surface area contributed by atoms with Crippen molar-refractivity contribution >= 4 is 11.9 Å². The van der Waals surface area contributed by atoms with Crippen LogP contribution >= 0.6 is 0 Å². The fraction of sp³-hybridized carbons (Fsp3) is 0.714. The summed E-state index contributed by atoms with van der Waals surface area (Å²) in [4.78, 5) is 28.0. The molecule has 0 radical (unpaired) electrons. The van der Waals surface area contributed by atoms with Gasteiger partial charge in [-0.2, -0.15) is 0 Å². The minimum atomic E-state index is -0.523. The Balaban J connectivity index is 2.17. The van der Waals surface area contributed by atoms with E-state index in [2.05, 4.69) is 10.8 Å². The highest BCUT2D eigenvalue weighted by atomic mass is 16.5. The van der Waals surface area contributed by atoms with Crippen LogP contribution in [0.5, 0.6) is 0 Å². The monoisotopic (exact) mass is 264 g/mol. The van der Waals surface area contributed by atoms with E-state index in [-0.39, 0.29) is 11.9 Å². The van der Waals surface area contributed by atoms with Crippen LogP contribution in [0.4, 0.5) is 0 Å². The van der Waals surface area contributed by atoms with Crippen molar-refractivity contribution in [2.75, 3.05) is 26.7 Å². The summed E-state index contributed by atoms with van der Waals surface area (Å²) >= 11 is 0. The first kappa shape index (κ1) is 13.9. The first-order chi connectivity index (χ1) is 9.06. The molecule has 0 N–H and O–H groups in total. The normalized spacial score (nSPS) is 28.7. The highest BCUT2D eigenvalue weighted by Crippen LogP contribution is 2.39. The van der Waals surface area contributed by atoms with Crippen LogP contribution < -0.4 is 0 Å². The number of nitrogens with zero attached hydrogens (tertiary/aromatic N) is 2. The molecule has 5 heteroatoms. The number of amides is 1. The van der Waals surface area contributed by atoms with E-state index in [1.807, 2.05) is 0 Å². The third kappa shape index (κ3) is 2.10. The smallest absolute Gasteiger partial charge is 0.328 e. The average molecular weight is 264 g/mol. The number of likely N-dealkylation sites (tertiary alicyclic amines) is 2. The van der Waals surface area contributed by atoms with Gasteiger partial charge >= 0.3 is 5.97 Å². The van der Waals surface area contributed by atoms with E-state index in [9.17, 15) is 9.59 Å². The lowest BCUT2D eigenvalue weighted by Crippen LogP contribution is -2.52. The van der Waals surface area contributed by atoms with Gasteiger partial charge in [0.1, 0.15) is 11.6 Å². The lowest BCUT2D eigenvalue weighted by atomic mass is 9.94. The molecular weight excluding hydrogens is 244 g/mol. The van der Waals surface area contributed by atoms with Crippen LogP contribution in [0.15, 0.2) is 0 Å². The van der Waals surface area contributed by atoms with E-state index >= 15 is 0 Å². The second kappa shape index (κ2) is 5.22. The molecule has 0 saturated carbocycles. The SMILES string of the molecule is C#CCN1CCC[C@@]12CCN(C(C)C(=O)OC)C2=O. The first-order valence-corrected chi connectivity index (χ1v) is 6.64. The van der Waals surface area contributed by atoms with Crippen molar-refractivity contribution in [3.05, 3.63) is 0 Å². The molecule has 2 rings (SSSR count). The van der Waals surface area contributed by atoms with Gasteiger partial charge in [-0.1, -0.05) is 5.92 Å². The van der Waals surface area contributed by atoms with Gasteiger partial charge in [0.25, 0.3) is 0 Å². The average Bonchev–Trinajstić information content (AvgIpc) is 2.96. The lowest BCUT2D eigenvalue weighted by molar-refractivity contribution is -0.152. The summed E-state index contributed by atoms with van der Waals surface area (Å²) < 4.78 is 4.72. The Morgan fingerprint density at radius 2 is 2.26 bits per heavy atom. The number of ether oxygens (including phenoxy) is 1. The largest absolute Gasteiger partial charge is 0.467 e. The van der Waals surface area contributed by atoms with Crippen LogP contribution in [0.1, 0.15) is 26.2 Å². The Hall–Kier alpha value is -1.54. The number of esters is 1. The molecule has 2 fully saturated rings. The lowest BCUT2D eigenvalue weighted by Gasteiger charge is -2.32. The van der Waals surface area contributed by atoms with Gasteiger partial charge in [0.2, 0.25) is 5.91 Å². The van der Waals surface area contributed by atoms with Crippen LogP contribution in [-0.4, -0.2) is 60.0 Å².